The first-order chi connectivity index (χ1) is 9.85. The van der Waals surface area contributed by atoms with Crippen LogP contribution in [-0.2, 0) is 0 Å². The fourth-order valence-electron chi connectivity index (χ4n) is 2.17. The van der Waals surface area contributed by atoms with Crippen LogP contribution in [0.15, 0.2) is 24.3 Å². The number of benzene rings is 1. The van der Waals surface area contributed by atoms with E-state index in [1.165, 1.54) is 4.90 Å². The second kappa shape index (κ2) is 8.24. The SMILES string of the molecule is CCCN(CC(N)c1ccc(OCC)cc1)CC(F)(F)F. The molecule has 0 radical (unpaired) electrons. The van der Waals surface area contributed by atoms with Crippen LogP contribution in [0.3, 0.4) is 0 Å². The topological polar surface area (TPSA) is 38.5 Å². The Balaban J connectivity index is 2.65. The lowest BCUT2D eigenvalue weighted by molar-refractivity contribution is -0.146. The van der Waals surface area contributed by atoms with Crippen molar-refractivity contribution >= 4 is 0 Å². The fraction of sp³-hybridized carbons (Fsp3) is 0.600. The minimum Gasteiger partial charge on any atom is -0.494 e. The summed E-state index contributed by atoms with van der Waals surface area (Å²) in [5.74, 6) is 0.731. The van der Waals surface area contributed by atoms with Crippen molar-refractivity contribution in [1.82, 2.24) is 4.90 Å². The molecule has 21 heavy (non-hydrogen) atoms. The predicted octanol–water partition coefficient (Wildman–Crippen LogP) is 3.36. The van der Waals surface area contributed by atoms with Gasteiger partial charge in [-0.3, -0.25) is 4.90 Å². The summed E-state index contributed by atoms with van der Waals surface area (Å²) < 4.78 is 42.9. The number of nitrogens with two attached hydrogens (primary N) is 1. The summed E-state index contributed by atoms with van der Waals surface area (Å²) in [7, 11) is 0. The van der Waals surface area contributed by atoms with Gasteiger partial charge in [0, 0.05) is 12.6 Å². The van der Waals surface area contributed by atoms with Gasteiger partial charge in [0.2, 0.25) is 0 Å². The maximum Gasteiger partial charge on any atom is 0.401 e. The molecule has 0 aliphatic heterocycles. The van der Waals surface area contributed by atoms with Gasteiger partial charge in [-0.1, -0.05) is 19.1 Å². The zero-order chi connectivity index (χ0) is 15.9. The second-order valence-electron chi connectivity index (χ2n) is 4.96. The molecule has 1 rings (SSSR count). The first-order valence-electron chi connectivity index (χ1n) is 7.13. The summed E-state index contributed by atoms with van der Waals surface area (Å²) >= 11 is 0. The van der Waals surface area contributed by atoms with E-state index in [0.29, 0.717) is 19.6 Å². The molecule has 3 nitrogen and oxygen atoms in total. The molecule has 0 bridgehead atoms. The van der Waals surface area contributed by atoms with Gasteiger partial charge in [0.1, 0.15) is 5.75 Å². The molecule has 0 fully saturated rings. The molecule has 0 saturated heterocycles. The summed E-state index contributed by atoms with van der Waals surface area (Å²) in [6.45, 7) is 3.95. The van der Waals surface area contributed by atoms with Gasteiger partial charge in [-0.15, -0.1) is 0 Å². The van der Waals surface area contributed by atoms with Gasteiger partial charge < -0.3 is 10.5 Å². The Morgan fingerprint density at radius 3 is 2.29 bits per heavy atom. The molecule has 0 saturated carbocycles. The molecule has 0 heterocycles. The first-order valence-corrected chi connectivity index (χ1v) is 7.13. The van der Waals surface area contributed by atoms with Crippen molar-refractivity contribution in [3.63, 3.8) is 0 Å². The van der Waals surface area contributed by atoms with E-state index < -0.39 is 18.8 Å². The molecule has 0 aliphatic carbocycles. The Bertz CT molecular complexity index is 406. The summed E-state index contributed by atoms with van der Waals surface area (Å²) in [6, 6.07) is 6.72. The van der Waals surface area contributed by atoms with Gasteiger partial charge in [0.25, 0.3) is 0 Å². The van der Waals surface area contributed by atoms with Crippen molar-refractivity contribution in [2.24, 2.45) is 5.73 Å². The van der Waals surface area contributed by atoms with Crippen LogP contribution < -0.4 is 10.5 Å². The zero-order valence-corrected chi connectivity index (χ0v) is 12.5. The fourth-order valence-corrected chi connectivity index (χ4v) is 2.17. The molecule has 0 amide bonds. The van der Waals surface area contributed by atoms with Gasteiger partial charge in [-0.25, -0.2) is 0 Å². The smallest absolute Gasteiger partial charge is 0.401 e. The van der Waals surface area contributed by atoms with Crippen LogP contribution in [0.5, 0.6) is 5.75 Å². The largest absolute Gasteiger partial charge is 0.494 e. The molecule has 1 unspecified atom stereocenters. The van der Waals surface area contributed by atoms with Crippen LogP contribution in [0, 0.1) is 0 Å². The highest BCUT2D eigenvalue weighted by Gasteiger charge is 2.31. The minimum atomic E-state index is -4.20. The average molecular weight is 304 g/mol. The lowest BCUT2D eigenvalue weighted by atomic mass is 10.1. The number of halogens is 3. The average Bonchev–Trinajstić information content (AvgIpc) is 2.38. The Kier molecular flexibility index (Phi) is 6.98. The zero-order valence-electron chi connectivity index (χ0n) is 12.5. The van der Waals surface area contributed by atoms with E-state index in [1.807, 2.05) is 13.8 Å². The summed E-state index contributed by atoms with van der Waals surface area (Å²) in [4.78, 5) is 1.35. The summed E-state index contributed by atoms with van der Waals surface area (Å²) in [5.41, 5.74) is 6.83. The predicted molar refractivity (Wildman–Crippen MR) is 77.3 cm³/mol. The molecule has 0 spiro atoms. The monoisotopic (exact) mass is 304 g/mol. The van der Waals surface area contributed by atoms with Crippen LogP contribution in [0.2, 0.25) is 0 Å². The van der Waals surface area contributed by atoms with E-state index in [4.69, 9.17) is 10.5 Å². The minimum absolute atomic E-state index is 0.182. The maximum atomic E-state index is 12.5. The lowest BCUT2D eigenvalue weighted by Gasteiger charge is -2.26. The van der Waals surface area contributed by atoms with Gasteiger partial charge in [0.15, 0.2) is 0 Å². The molecule has 0 aromatic heterocycles. The van der Waals surface area contributed by atoms with Crippen molar-refractivity contribution in [1.29, 1.82) is 0 Å². The van der Waals surface area contributed by atoms with Crippen molar-refractivity contribution in [2.45, 2.75) is 32.5 Å². The molecular formula is C15H23F3N2O. The van der Waals surface area contributed by atoms with Crippen LogP contribution in [0.1, 0.15) is 31.9 Å². The van der Waals surface area contributed by atoms with Gasteiger partial charge in [-0.2, -0.15) is 13.2 Å². The normalized spacial score (nSPS) is 13.5. The van der Waals surface area contributed by atoms with E-state index >= 15 is 0 Å². The van der Waals surface area contributed by atoms with E-state index in [9.17, 15) is 13.2 Å². The standard InChI is InChI=1S/C15H23F3N2O/c1-3-9-20(11-15(16,17)18)10-14(19)12-5-7-13(8-6-12)21-4-2/h5-8,14H,3-4,9-11,19H2,1-2H3. The second-order valence-corrected chi connectivity index (χ2v) is 4.96. The lowest BCUT2D eigenvalue weighted by Crippen LogP contribution is -2.39. The third-order valence-corrected chi connectivity index (χ3v) is 3.02. The van der Waals surface area contributed by atoms with Crippen molar-refractivity contribution in [3.05, 3.63) is 29.8 Å². The highest BCUT2D eigenvalue weighted by Crippen LogP contribution is 2.20. The Morgan fingerprint density at radius 2 is 1.81 bits per heavy atom. The van der Waals surface area contributed by atoms with E-state index in [-0.39, 0.29) is 6.54 Å². The van der Waals surface area contributed by atoms with Gasteiger partial charge >= 0.3 is 6.18 Å². The van der Waals surface area contributed by atoms with Crippen LogP contribution in [0.25, 0.3) is 0 Å². The molecular weight excluding hydrogens is 281 g/mol. The van der Waals surface area contributed by atoms with Gasteiger partial charge in [-0.05, 0) is 37.6 Å². The van der Waals surface area contributed by atoms with Crippen molar-refractivity contribution < 1.29 is 17.9 Å². The van der Waals surface area contributed by atoms with Crippen molar-refractivity contribution in [3.8, 4) is 5.75 Å². The number of rotatable bonds is 8. The van der Waals surface area contributed by atoms with E-state index in [0.717, 1.165) is 11.3 Å². The van der Waals surface area contributed by atoms with E-state index in [1.54, 1.807) is 24.3 Å². The molecule has 0 aliphatic rings. The number of hydrogen-bond donors (Lipinski definition) is 1. The van der Waals surface area contributed by atoms with E-state index in [2.05, 4.69) is 0 Å². The Morgan fingerprint density at radius 1 is 1.19 bits per heavy atom. The van der Waals surface area contributed by atoms with Crippen LogP contribution >= 0.6 is 0 Å². The molecule has 1 aromatic carbocycles. The number of alkyl halides is 3. The van der Waals surface area contributed by atoms with Gasteiger partial charge in [0.05, 0.1) is 13.2 Å². The third-order valence-electron chi connectivity index (χ3n) is 3.02. The van der Waals surface area contributed by atoms with Crippen LogP contribution in [-0.4, -0.2) is 37.3 Å². The Hall–Kier alpha value is -1.27. The third kappa shape index (κ3) is 6.82. The molecule has 1 atom stereocenters. The Labute approximate surface area is 123 Å². The number of ether oxygens (including phenoxy) is 1. The van der Waals surface area contributed by atoms with Crippen LogP contribution in [0.4, 0.5) is 13.2 Å². The van der Waals surface area contributed by atoms with Crippen molar-refractivity contribution in [2.75, 3.05) is 26.2 Å². The summed E-state index contributed by atoms with van der Waals surface area (Å²) in [5, 5.41) is 0. The highest BCUT2D eigenvalue weighted by molar-refractivity contribution is 5.29. The number of nitrogens with zero attached hydrogens (tertiary/aromatic N) is 1. The highest BCUT2D eigenvalue weighted by atomic mass is 19.4. The quantitative estimate of drug-likeness (QED) is 0.800. The molecule has 120 valence electrons. The molecule has 2 N–H and O–H groups in total. The maximum absolute atomic E-state index is 12.5. The number of hydrogen-bond acceptors (Lipinski definition) is 3. The molecule has 6 heteroatoms. The molecule has 1 aromatic rings. The summed E-state index contributed by atoms with van der Waals surface area (Å²) in [6.07, 6.45) is -3.54. The first kappa shape index (κ1) is 17.8.